The number of rotatable bonds is 4. The Morgan fingerprint density at radius 1 is 1.40 bits per heavy atom. The van der Waals surface area contributed by atoms with Gasteiger partial charge in [-0.1, -0.05) is 6.07 Å². The van der Waals surface area contributed by atoms with E-state index in [-0.39, 0.29) is 54.5 Å². The molecule has 0 aliphatic carbocycles. The first-order valence-corrected chi connectivity index (χ1v) is 6.82. The number of carbonyl (C=O) groups is 1. The van der Waals surface area contributed by atoms with Crippen LogP contribution in [0.2, 0.25) is 0 Å². The van der Waals surface area contributed by atoms with E-state index in [1.807, 2.05) is 12.1 Å². The number of carboxylic acids is 1. The Hall–Kier alpha value is 0.220. The predicted octanol–water partition coefficient (Wildman–Crippen LogP) is 1.98. The van der Waals surface area contributed by atoms with Crippen LogP contribution >= 0.6 is 28.3 Å². The van der Waals surface area contributed by atoms with E-state index in [1.165, 1.54) is 0 Å². The molecule has 1 aromatic rings. The minimum atomic E-state index is -0.825. The van der Waals surface area contributed by atoms with Gasteiger partial charge in [0.2, 0.25) is 0 Å². The number of piperidine rings is 1. The molecular formula is C13H18BrClNNaO3. The molecule has 2 rings (SSSR count). The standard InChI is InChI=1S/C13H16BrNO3.ClH.Na.H/c14-11-7-9(8-13(16)17)1-2-12(11)18-10-3-5-15-6-4-10;;;/h1-2,7,10,15H,3-6,8H2,(H,16,17);1H;;. The third kappa shape index (κ3) is 6.33. The van der Waals surface area contributed by atoms with Crippen LogP contribution in [-0.2, 0) is 11.2 Å². The van der Waals surface area contributed by atoms with Gasteiger partial charge in [0, 0.05) is 0 Å². The zero-order valence-corrected chi connectivity index (χ0v) is 12.8. The van der Waals surface area contributed by atoms with Gasteiger partial charge < -0.3 is 15.2 Å². The van der Waals surface area contributed by atoms with Crippen molar-refractivity contribution in [1.29, 1.82) is 0 Å². The molecule has 1 aromatic carbocycles. The molecule has 0 bridgehead atoms. The van der Waals surface area contributed by atoms with Crippen LogP contribution in [0.4, 0.5) is 0 Å². The summed E-state index contributed by atoms with van der Waals surface area (Å²) in [5.74, 6) is -0.0371. The van der Waals surface area contributed by atoms with Gasteiger partial charge in [-0.15, -0.1) is 12.4 Å². The Bertz CT molecular complexity index is 442. The summed E-state index contributed by atoms with van der Waals surface area (Å²) in [4.78, 5) is 10.6. The Morgan fingerprint density at radius 2 is 2.05 bits per heavy atom. The van der Waals surface area contributed by atoms with E-state index in [1.54, 1.807) is 6.07 Å². The van der Waals surface area contributed by atoms with E-state index in [2.05, 4.69) is 21.2 Å². The van der Waals surface area contributed by atoms with Crippen LogP contribution in [0.3, 0.4) is 0 Å². The van der Waals surface area contributed by atoms with Gasteiger partial charge in [0.05, 0.1) is 10.9 Å². The number of carboxylic acid groups (broad SMARTS) is 1. The fourth-order valence-corrected chi connectivity index (χ4v) is 2.54. The molecule has 4 nitrogen and oxygen atoms in total. The SMILES string of the molecule is Cl.O=C(O)Cc1ccc(OC2CCNCC2)c(Br)c1.[NaH]. The van der Waals surface area contributed by atoms with E-state index >= 15 is 0 Å². The van der Waals surface area contributed by atoms with Gasteiger partial charge in [-0.3, -0.25) is 4.79 Å². The molecule has 108 valence electrons. The van der Waals surface area contributed by atoms with Crippen molar-refractivity contribution < 1.29 is 14.6 Å². The number of halogens is 2. The van der Waals surface area contributed by atoms with E-state index in [9.17, 15) is 4.79 Å². The van der Waals surface area contributed by atoms with Crippen molar-refractivity contribution in [3.05, 3.63) is 28.2 Å². The molecule has 0 spiro atoms. The number of ether oxygens (including phenoxy) is 1. The number of hydrogen-bond acceptors (Lipinski definition) is 3. The average molecular weight is 375 g/mol. The summed E-state index contributed by atoms with van der Waals surface area (Å²) in [6, 6.07) is 5.45. The predicted molar refractivity (Wildman–Crippen MR) is 86.4 cm³/mol. The Morgan fingerprint density at radius 3 is 2.60 bits per heavy atom. The Labute approximate surface area is 155 Å². The fraction of sp³-hybridized carbons (Fsp3) is 0.462. The van der Waals surface area contributed by atoms with Crippen LogP contribution in [0.1, 0.15) is 18.4 Å². The summed E-state index contributed by atoms with van der Waals surface area (Å²) in [5.41, 5.74) is 0.770. The first kappa shape index (κ1) is 20.2. The van der Waals surface area contributed by atoms with Gasteiger partial charge in [-0.25, -0.2) is 0 Å². The van der Waals surface area contributed by atoms with Crippen molar-refractivity contribution in [2.45, 2.75) is 25.4 Å². The number of aliphatic carboxylic acids is 1. The van der Waals surface area contributed by atoms with Crippen molar-refractivity contribution in [1.82, 2.24) is 5.32 Å². The topological polar surface area (TPSA) is 58.6 Å². The quantitative estimate of drug-likeness (QED) is 0.791. The minimum absolute atomic E-state index is 0. The molecule has 1 aliphatic heterocycles. The molecule has 20 heavy (non-hydrogen) atoms. The van der Waals surface area contributed by atoms with Crippen LogP contribution in [0, 0.1) is 0 Å². The second kappa shape index (κ2) is 10.0. The molecule has 1 heterocycles. The molecule has 0 atom stereocenters. The second-order valence-corrected chi connectivity index (χ2v) is 5.26. The monoisotopic (exact) mass is 373 g/mol. The average Bonchev–Trinajstić information content (AvgIpc) is 2.33. The molecule has 0 amide bonds. The molecule has 2 N–H and O–H groups in total. The van der Waals surface area contributed by atoms with Crippen molar-refractivity contribution in [2.24, 2.45) is 0 Å². The molecule has 0 radical (unpaired) electrons. The third-order valence-corrected chi connectivity index (χ3v) is 3.55. The van der Waals surface area contributed by atoms with E-state index in [0.717, 1.165) is 41.7 Å². The van der Waals surface area contributed by atoms with Gasteiger partial charge >= 0.3 is 35.5 Å². The summed E-state index contributed by atoms with van der Waals surface area (Å²) in [6.45, 7) is 1.97. The Balaban J connectivity index is 0.00000180. The summed E-state index contributed by atoms with van der Waals surface area (Å²) >= 11 is 3.43. The van der Waals surface area contributed by atoms with Gasteiger partial charge in [-0.05, 0) is 59.6 Å². The van der Waals surface area contributed by atoms with E-state index in [0.29, 0.717) is 0 Å². The molecule has 7 heteroatoms. The van der Waals surface area contributed by atoms with Gasteiger partial charge in [0.25, 0.3) is 0 Å². The third-order valence-electron chi connectivity index (χ3n) is 2.93. The van der Waals surface area contributed by atoms with Gasteiger partial charge in [0.1, 0.15) is 11.9 Å². The van der Waals surface area contributed by atoms with Crippen molar-refractivity contribution in [3.8, 4) is 5.75 Å². The number of benzene rings is 1. The summed E-state index contributed by atoms with van der Waals surface area (Å²) in [5, 5.41) is 12.0. The molecule has 1 fully saturated rings. The van der Waals surface area contributed by atoms with Crippen molar-refractivity contribution >= 4 is 63.9 Å². The number of nitrogens with one attached hydrogen (secondary N) is 1. The van der Waals surface area contributed by atoms with E-state index in [4.69, 9.17) is 9.84 Å². The van der Waals surface area contributed by atoms with Crippen LogP contribution in [0.25, 0.3) is 0 Å². The van der Waals surface area contributed by atoms with E-state index < -0.39 is 5.97 Å². The van der Waals surface area contributed by atoms with Crippen molar-refractivity contribution in [3.63, 3.8) is 0 Å². The second-order valence-electron chi connectivity index (χ2n) is 4.40. The molecule has 0 aromatic heterocycles. The van der Waals surface area contributed by atoms with Crippen LogP contribution < -0.4 is 10.1 Å². The molecule has 0 saturated carbocycles. The maximum absolute atomic E-state index is 10.6. The normalized spacial score (nSPS) is 14.8. The summed E-state index contributed by atoms with van der Waals surface area (Å²) < 4.78 is 6.73. The fourth-order valence-electron chi connectivity index (χ4n) is 2.02. The molecule has 0 unspecified atom stereocenters. The first-order chi connectivity index (χ1) is 8.65. The Kier molecular flexibility index (Phi) is 10.1. The molecular weight excluding hydrogens is 356 g/mol. The van der Waals surface area contributed by atoms with Gasteiger partial charge in [0.15, 0.2) is 0 Å². The van der Waals surface area contributed by atoms with Crippen LogP contribution in [-0.4, -0.2) is 59.8 Å². The zero-order valence-electron chi connectivity index (χ0n) is 10.4. The number of hydrogen-bond donors (Lipinski definition) is 2. The molecule has 1 aliphatic rings. The van der Waals surface area contributed by atoms with Crippen LogP contribution in [0.5, 0.6) is 5.75 Å². The summed E-state index contributed by atoms with van der Waals surface area (Å²) in [6.07, 6.45) is 2.28. The zero-order chi connectivity index (χ0) is 13.0. The maximum atomic E-state index is 10.6. The molecule has 1 saturated heterocycles. The van der Waals surface area contributed by atoms with Gasteiger partial charge in [-0.2, -0.15) is 0 Å². The van der Waals surface area contributed by atoms with Crippen LogP contribution in [0.15, 0.2) is 22.7 Å². The van der Waals surface area contributed by atoms with Crippen molar-refractivity contribution in [2.75, 3.05) is 13.1 Å². The summed E-state index contributed by atoms with van der Waals surface area (Å²) in [7, 11) is 0. The first-order valence-electron chi connectivity index (χ1n) is 6.03.